The number of hydrogen-bond donors (Lipinski definition) is 2. The Morgan fingerprint density at radius 2 is 2.12 bits per heavy atom. The first kappa shape index (κ1) is 17.4. The predicted molar refractivity (Wildman–Crippen MR) is 92.8 cm³/mol. The van der Waals surface area contributed by atoms with E-state index < -0.39 is 0 Å². The van der Waals surface area contributed by atoms with Crippen LogP contribution in [0.5, 0.6) is 0 Å². The number of nitrogens with zero attached hydrogens (tertiary/aromatic N) is 4. The molecule has 1 aromatic heterocycles. The quantitative estimate of drug-likeness (QED) is 0.756. The molecule has 0 fully saturated rings. The molecular formula is C17H20N6O. The number of nitriles is 1. The molecule has 0 atom stereocenters. The van der Waals surface area contributed by atoms with Gasteiger partial charge in [-0.05, 0) is 45.3 Å². The molecule has 0 radical (unpaired) electrons. The van der Waals surface area contributed by atoms with E-state index in [0.717, 1.165) is 19.5 Å². The fourth-order valence-corrected chi connectivity index (χ4v) is 2.05. The van der Waals surface area contributed by atoms with Crippen LogP contribution in [0.3, 0.4) is 0 Å². The zero-order chi connectivity index (χ0) is 17.4. The molecule has 0 saturated carbocycles. The number of nitrogens with one attached hydrogen (secondary N) is 2. The monoisotopic (exact) mass is 324 g/mol. The highest BCUT2D eigenvalue weighted by molar-refractivity contribution is 6.03. The van der Waals surface area contributed by atoms with Gasteiger partial charge >= 0.3 is 0 Å². The fourth-order valence-electron chi connectivity index (χ4n) is 2.05. The fraction of sp³-hybridized carbons (Fsp3) is 0.294. The maximum absolute atomic E-state index is 12.3. The summed E-state index contributed by atoms with van der Waals surface area (Å²) in [7, 11) is 4.04. The van der Waals surface area contributed by atoms with Crippen LogP contribution in [0, 0.1) is 11.3 Å². The van der Waals surface area contributed by atoms with E-state index in [1.54, 1.807) is 30.3 Å². The van der Waals surface area contributed by atoms with E-state index in [1.165, 1.54) is 6.33 Å². The van der Waals surface area contributed by atoms with Crippen LogP contribution < -0.4 is 10.6 Å². The maximum atomic E-state index is 12.3. The number of aromatic nitrogens is 2. The summed E-state index contributed by atoms with van der Waals surface area (Å²) in [5, 5.41) is 14.8. The molecule has 7 heteroatoms. The first-order valence-electron chi connectivity index (χ1n) is 7.60. The van der Waals surface area contributed by atoms with Crippen molar-refractivity contribution in [2.75, 3.05) is 37.8 Å². The Morgan fingerprint density at radius 1 is 1.29 bits per heavy atom. The third-order valence-electron chi connectivity index (χ3n) is 3.24. The van der Waals surface area contributed by atoms with Crippen LogP contribution in [-0.4, -0.2) is 48.0 Å². The molecule has 2 rings (SSSR count). The van der Waals surface area contributed by atoms with Crippen LogP contribution in [0.1, 0.15) is 22.5 Å². The van der Waals surface area contributed by atoms with Gasteiger partial charge in [-0.15, -0.1) is 0 Å². The number of hydrogen-bond acceptors (Lipinski definition) is 6. The summed E-state index contributed by atoms with van der Waals surface area (Å²) in [6.07, 6.45) is 2.33. The van der Waals surface area contributed by atoms with Gasteiger partial charge in [0.25, 0.3) is 5.91 Å². The second-order valence-corrected chi connectivity index (χ2v) is 5.52. The first-order valence-corrected chi connectivity index (χ1v) is 7.60. The minimum atomic E-state index is -0.344. The molecule has 0 saturated heterocycles. The predicted octanol–water partition coefficient (Wildman–Crippen LogP) is 1.96. The molecule has 1 amide bonds. The summed E-state index contributed by atoms with van der Waals surface area (Å²) in [4.78, 5) is 22.5. The van der Waals surface area contributed by atoms with Gasteiger partial charge in [0.1, 0.15) is 17.8 Å². The van der Waals surface area contributed by atoms with Crippen LogP contribution in [-0.2, 0) is 0 Å². The van der Waals surface area contributed by atoms with Crippen molar-refractivity contribution in [3.05, 3.63) is 47.9 Å². The van der Waals surface area contributed by atoms with Crippen LogP contribution in [0.15, 0.2) is 36.7 Å². The largest absolute Gasteiger partial charge is 0.370 e. The minimum Gasteiger partial charge on any atom is -0.370 e. The average Bonchev–Trinajstić information content (AvgIpc) is 2.59. The number of anilines is 2. The molecule has 0 aliphatic rings. The average molecular weight is 324 g/mol. The normalized spacial score (nSPS) is 10.2. The van der Waals surface area contributed by atoms with Gasteiger partial charge in [-0.2, -0.15) is 5.26 Å². The van der Waals surface area contributed by atoms with E-state index in [2.05, 4.69) is 25.5 Å². The lowest BCUT2D eigenvalue weighted by Crippen LogP contribution is -2.17. The molecule has 0 bridgehead atoms. The molecule has 1 aromatic carbocycles. The third kappa shape index (κ3) is 5.34. The summed E-state index contributed by atoms with van der Waals surface area (Å²) in [5.74, 6) is 0.267. The van der Waals surface area contributed by atoms with Crippen molar-refractivity contribution in [3.63, 3.8) is 0 Å². The highest BCUT2D eigenvalue weighted by atomic mass is 16.1. The Labute approximate surface area is 141 Å². The molecule has 2 aromatic rings. The lowest BCUT2D eigenvalue weighted by atomic mass is 10.2. The molecule has 24 heavy (non-hydrogen) atoms. The second kappa shape index (κ2) is 8.60. The topological polar surface area (TPSA) is 93.9 Å². The van der Waals surface area contributed by atoms with Crippen LogP contribution in [0.25, 0.3) is 0 Å². The van der Waals surface area contributed by atoms with E-state index in [0.29, 0.717) is 17.1 Å². The van der Waals surface area contributed by atoms with Crippen molar-refractivity contribution in [2.24, 2.45) is 0 Å². The molecule has 2 N–H and O–H groups in total. The van der Waals surface area contributed by atoms with E-state index in [1.807, 2.05) is 20.2 Å². The smallest absolute Gasteiger partial charge is 0.274 e. The Morgan fingerprint density at radius 3 is 2.88 bits per heavy atom. The third-order valence-corrected chi connectivity index (χ3v) is 3.24. The standard InChI is InChI=1S/C17H20N6O/c1-23(2)8-4-7-19-16-10-15(20-12-21-16)17(24)22-14-6-3-5-13(9-14)11-18/h3,5-6,9-10,12H,4,7-8H2,1-2H3,(H,22,24)(H,19,20,21). The van der Waals surface area contributed by atoms with Crippen molar-refractivity contribution in [1.29, 1.82) is 5.26 Å². The van der Waals surface area contributed by atoms with Crippen molar-refractivity contribution < 1.29 is 4.79 Å². The molecule has 0 spiro atoms. The highest BCUT2D eigenvalue weighted by Gasteiger charge is 2.09. The van der Waals surface area contributed by atoms with Gasteiger partial charge in [0.2, 0.25) is 0 Å². The van der Waals surface area contributed by atoms with E-state index >= 15 is 0 Å². The number of benzene rings is 1. The Balaban J connectivity index is 1.97. The van der Waals surface area contributed by atoms with Crippen LogP contribution in [0.2, 0.25) is 0 Å². The summed E-state index contributed by atoms with van der Waals surface area (Å²) < 4.78 is 0. The van der Waals surface area contributed by atoms with Gasteiger partial charge < -0.3 is 15.5 Å². The van der Waals surface area contributed by atoms with Crippen LogP contribution >= 0.6 is 0 Å². The Hall–Kier alpha value is -2.98. The molecular weight excluding hydrogens is 304 g/mol. The summed E-state index contributed by atoms with van der Waals surface area (Å²) in [6.45, 7) is 1.74. The first-order chi connectivity index (χ1) is 11.6. The minimum absolute atomic E-state index is 0.266. The van der Waals surface area contributed by atoms with Crippen molar-refractivity contribution in [2.45, 2.75) is 6.42 Å². The maximum Gasteiger partial charge on any atom is 0.274 e. The van der Waals surface area contributed by atoms with Gasteiger partial charge in [0.15, 0.2) is 0 Å². The Bertz CT molecular complexity index is 738. The van der Waals surface area contributed by atoms with Crippen molar-refractivity contribution in [3.8, 4) is 6.07 Å². The number of carbonyl (C=O) groups is 1. The lowest BCUT2D eigenvalue weighted by molar-refractivity contribution is 0.102. The molecule has 1 heterocycles. The zero-order valence-corrected chi connectivity index (χ0v) is 13.8. The second-order valence-electron chi connectivity index (χ2n) is 5.52. The molecule has 124 valence electrons. The van der Waals surface area contributed by atoms with Gasteiger partial charge in [-0.3, -0.25) is 4.79 Å². The SMILES string of the molecule is CN(C)CCCNc1cc(C(=O)Nc2cccc(C#N)c2)ncn1. The molecule has 7 nitrogen and oxygen atoms in total. The summed E-state index contributed by atoms with van der Waals surface area (Å²) >= 11 is 0. The zero-order valence-electron chi connectivity index (χ0n) is 13.8. The Kier molecular flexibility index (Phi) is 6.23. The molecule has 0 unspecified atom stereocenters. The number of rotatable bonds is 7. The van der Waals surface area contributed by atoms with Crippen molar-refractivity contribution in [1.82, 2.24) is 14.9 Å². The van der Waals surface area contributed by atoms with E-state index in [-0.39, 0.29) is 11.6 Å². The van der Waals surface area contributed by atoms with E-state index in [9.17, 15) is 4.79 Å². The summed E-state index contributed by atoms with van der Waals surface area (Å²) in [5.41, 5.74) is 1.30. The molecule has 0 aliphatic heterocycles. The van der Waals surface area contributed by atoms with Crippen molar-refractivity contribution >= 4 is 17.4 Å². The highest BCUT2D eigenvalue weighted by Crippen LogP contribution is 2.12. The van der Waals surface area contributed by atoms with E-state index in [4.69, 9.17) is 5.26 Å². The number of carbonyl (C=O) groups excluding carboxylic acids is 1. The van der Waals surface area contributed by atoms with Gasteiger partial charge in [-0.1, -0.05) is 6.07 Å². The van der Waals surface area contributed by atoms with Gasteiger partial charge in [0, 0.05) is 18.3 Å². The lowest BCUT2D eigenvalue weighted by Gasteiger charge is -2.10. The van der Waals surface area contributed by atoms with Crippen LogP contribution in [0.4, 0.5) is 11.5 Å². The van der Waals surface area contributed by atoms with Gasteiger partial charge in [-0.25, -0.2) is 9.97 Å². The number of amides is 1. The van der Waals surface area contributed by atoms with Gasteiger partial charge in [0.05, 0.1) is 11.6 Å². The summed E-state index contributed by atoms with van der Waals surface area (Å²) in [6, 6.07) is 10.4. The molecule has 0 aliphatic carbocycles.